The van der Waals surface area contributed by atoms with Crippen LogP contribution in [-0.4, -0.2) is 31.3 Å². The first-order valence-corrected chi connectivity index (χ1v) is 18.5. The maximum Gasteiger partial charge on any atom is 0.0193 e. The number of rotatable bonds is 6. The zero-order valence-corrected chi connectivity index (χ0v) is 29.2. The summed E-state index contributed by atoms with van der Waals surface area (Å²) >= 11 is 0. The second-order valence-electron chi connectivity index (χ2n) is 14.4. The van der Waals surface area contributed by atoms with Crippen LogP contribution < -0.4 is 10.6 Å². The van der Waals surface area contributed by atoms with Gasteiger partial charge in [0.1, 0.15) is 0 Å². The van der Waals surface area contributed by atoms with Crippen LogP contribution in [0, 0.1) is 23.7 Å². The van der Waals surface area contributed by atoms with E-state index in [1.54, 1.807) is 11.1 Å². The van der Waals surface area contributed by atoms with E-state index in [0.717, 1.165) is 23.7 Å². The molecule has 4 atom stereocenters. The van der Waals surface area contributed by atoms with E-state index < -0.39 is 0 Å². The fraction of sp³-hybridized carbons (Fsp3) is 0.579. The molecule has 6 aliphatic rings. The summed E-state index contributed by atoms with van der Waals surface area (Å²) in [5.74, 6) is 3.72. The molecular weight excluding hydrogens is 602 g/mol. The minimum absolute atomic E-state index is 0. The number of hydrogen-bond donors (Lipinski definition) is 2. The van der Waals surface area contributed by atoms with E-state index in [1.807, 2.05) is 30.3 Å². The van der Waals surface area contributed by atoms with Gasteiger partial charge in [0, 0.05) is 34.3 Å². The van der Waals surface area contributed by atoms with Gasteiger partial charge in [-0.1, -0.05) is 48.7 Å². The molecule has 9 rings (SSSR count). The van der Waals surface area contributed by atoms with E-state index in [1.165, 1.54) is 101 Å². The normalized spacial score (nSPS) is 34.5. The quantitative estimate of drug-likeness (QED) is 0.159. The van der Waals surface area contributed by atoms with E-state index in [0.29, 0.717) is 17.5 Å². The Morgan fingerprint density at radius 3 is 1.77 bits per heavy atom. The molecule has 4 bridgehead atoms. The van der Waals surface area contributed by atoms with Crippen LogP contribution in [0.2, 0.25) is 0 Å². The van der Waals surface area contributed by atoms with Gasteiger partial charge in [-0.05, 0) is 106 Å². The largest absolute Gasteiger partial charge is 0.748 e. The van der Waals surface area contributed by atoms with Gasteiger partial charge in [-0.25, -0.2) is 6.07 Å². The van der Waals surface area contributed by atoms with Crippen LogP contribution in [0.15, 0.2) is 72.8 Å². The molecule has 2 saturated heterocycles. The van der Waals surface area contributed by atoms with Crippen LogP contribution in [0.3, 0.4) is 0 Å². The molecule has 3 aromatic rings. The minimum Gasteiger partial charge on any atom is -0.748 e. The molecule has 2 heterocycles. The first-order valence-electron chi connectivity index (χ1n) is 17.1. The predicted octanol–water partition coefficient (Wildman–Crippen LogP) is 8.40. The molecule has 2 N–H and O–H groups in total. The van der Waals surface area contributed by atoms with Gasteiger partial charge >= 0.3 is 0 Å². The molecule has 0 aromatic heterocycles. The van der Waals surface area contributed by atoms with Gasteiger partial charge in [-0.3, -0.25) is 0 Å². The molecule has 0 spiro atoms. The Morgan fingerprint density at radius 2 is 1.30 bits per heavy atom. The summed E-state index contributed by atoms with van der Waals surface area (Å²) < 4.78 is 0. The topological polar surface area (TPSA) is 24.1 Å². The van der Waals surface area contributed by atoms with Crippen molar-refractivity contribution < 1.29 is 17.1 Å². The molecule has 4 saturated carbocycles. The van der Waals surface area contributed by atoms with E-state index >= 15 is 0 Å². The molecule has 238 valence electrons. The number of hydrogen-bond acceptors (Lipinski definition) is 2. The van der Waals surface area contributed by atoms with Crippen LogP contribution in [0.1, 0.15) is 81.8 Å². The maximum absolute atomic E-state index is 4.06. The summed E-state index contributed by atoms with van der Waals surface area (Å²) in [6.07, 6.45) is 16.6. The van der Waals surface area contributed by atoms with Crippen molar-refractivity contribution in [2.24, 2.45) is 23.7 Å². The third kappa shape index (κ3) is 5.95. The second kappa shape index (κ2) is 13.9. The van der Waals surface area contributed by atoms with Gasteiger partial charge in [-0.2, -0.15) is 17.2 Å². The van der Waals surface area contributed by atoms with Crippen LogP contribution in [-0.2, 0) is 27.6 Å². The summed E-state index contributed by atoms with van der Waals surface area (Å²) in [4.78, 5) is 0. The molecule has 43 heavy (non-hydrogen) atoms. The van der Waals surface area contributed by atoms with Crippen LogP contribution in [0.4, 0.5) is 0 Å². The van der Waals surface area contributed by atoms with Gasteiger partial charge in [0.05, 0.1) is 0 Å². The van der Waals surface area contributed by atoms with Gasteiger partial charge in [-0.15, -0.1) is 24.0 Å². The van der Waals surface area contributed by atoms with Crippen molar-refractivity contribution >= 4 is 18.5 Å². The molecule has 5 heteroatoms. The fourth-order valence-corrected chi connectivity index (χ4v) is 12.1. The summed E-state index contributed by atoms with van der Waals surface area (Å²) in [7, 11) is 6.83. The van der Waals surface area contributed by atoms with Crippen molar-refractivity contribution in [1.29, 1.82) is 0 Å². The summed E-state index contributed by atoms with van der Waals surface area (Å²) in [6, 6.07) is 27.7. The van der Waals surface area contributed by atoms with E-state index in [9.17, 15) is 0 Å². The average molecular weight is 655 g/mol. The van der Waals surface area contributed by atoms with Crippen molar-refractivity contribution in [1.82, 2.24) is 10.6 Å². The minimum atomic E-state index is 0. The molecule has 3 aromatic carbocycles. The van der Waals surface area contributed by atoms with Gasteiger partial charge in [0.25, 0.3) is 0 Å². The van der Waals surface area contributed by atoms with Crippen molar-refractivity contribution in [3.05, 3.63) is 83.9 Å². The third-order valence-electron chi connectivity index (χ3n) is 12.2. The number of nitrogens with one attached hydrogen (secondary N) is 2. The zero-order chi connectivity index (χ0) is 28.6. The van der Waals surface area contributed by atoms with E-state index in [-0.39, 0.29) is 22.2 Å². The average Bonchev–Trinajstić information content (AvgIpc) is 3.77. The van der Waals surface area contributed by atoms with Crippen molar-refractivity contribution in [3.63, 3.8) is 0 Å². The molecule has 6 fully saturated rings. The molecule has 0 radical (unpaired) electrons. The molecular formula is C38H52FeN2P2-6. The number of benzene rings is 1. The Labute approximate surface area is 276 Å². The fourth-order valence-electron chi connectivity index (χ4n) is 10.4. The molecule has 2 nitrogen and oxygen atoms in total. The van der Waals surface area contributed by atoms with Gasteiger partial charge in [0.15, 0.2) is 0 Å². The van der Waals surface area contributed by atoms with Crippen molar-refractivity contribution in [3.8, 4) is 11.1 Å². The SMILES string of the molecule is PCC1([c-]2cc(-c3ccccc3)cc2C(P)(C2CCCCN2)C2CCCCN2)C2CC3CC(C2)CC1C3.[Fe].[cH-]1[cH-][cH-][cH-][cH-]1. The monoisotopic (exact) mass is 654 g/mol. The zero-order valence-electron chi connectivity index (χ0n) is 25.8. The van der Waals surface area contributed by atoms with Gasteiger partial charge in [0.2, 0.25) is 0 Å². The molecule has 2 aliphatic heterocycles. The van der Waals surface area contributed by atoms with Crippen LogP contribution in [0.5, 0.6) is 0 Å². The Kier molecular flexibility index (Phi) is 10.4. The second-order valence-corrected chi connectivity index (χ2v) is 15.8. The first kappa shape index (κ1) is 32.2. The summed E-state index contributed by atoms with van der Waals surface area (Å²) in [5, 5.41) is 8.16. The summed E-state index contributed by atoms with van der Waals surface area (Å²) in [6.45, 7) is 2.33. The van der Waals surface area contributed by atoms with Crippen LogP contribution >= 0.6 is 18.5 Å². The predicted molar refractivity (Wildman–Crippen MR) is 185 cm³/mol. The number of piperidine rings is 2. The van der Waals surface area contributed by atoms with E-state index in [2.05, 4.69) is 71.6 Å². The van der Waals surface area contributed by atoms with Crippen molar-refractivity contribution in [2.45, 2.75) is 93.3 Å². The Balaban J connectivity index is 0.000000500. The smallest absolute Gasteiger partial charge is 0.0193 e. The van der Waals surface area contributed by atoms with Crippen LogP contribution in [0.25, 0.3) is 11.1 Å². The Bertz CT molecular complexity index is 1210. The summed E-state index contributed by atoms with van der Waals surface area (Å²) in [5.41, 5.74) is 6.58. The van der Waals surface area contributed by atoms with Crippen molar-refractivity contribution in [2.75, 3.05) is 19.3 Å². The molecule has 0 amide bonds. The third-order valence-corrected chi connectivity index (χ3v) is 14.0. The maximum atomic E-state index is 4.06. The Hall–Kier alpha value is -0.781. The molecule has 4 aliphatic carbocycles. The van der Waals surface area contributed by atoms with E-state index in [4.69, 9.17) is 0 Å². The molecule has 4 unspecified atom stereocenters. The standard InChI is InChI=1S/C33H47N2P2.C5H5.Fe/c36-21-32(26-15-22-14-23(17-26)18-27(32)16-22)28-19-25(24-8-2-1-3-9-24)20-29(28)33(37,30-10-4-6-12-34-30)31-11-5-7-13-35-31;1-2-4-5-3-1;/h1-3,8-9,19-20,22-23,26-27,30-31,34-35H,4-7,10-18,21,36-37H2;1-5H;/q-1;-5;. The van der Waals surface area contributed by atoms with Gasteiger partial charge < -0.3 is 41.0 Å². The first-order chi connectivity index (χ1) is 20.6. The Morgan fingerprint density at radius 1 is 0.767 bits per heavy atom.